The fourth-order valence-electron chi connectivity index (χ4n) is 2.56. The number of hydrogen-bond acceptors (Lipinski definition) is 2. The van der Waals surface area contributed by atoms with Crippen LogP contribution in [-0.2, 0) is 13.0 Å². The van der Waals surface area contributed by atoms with Crippen LogP contribution >= 0.6 is 11.6 Å². The number of aliphatic hydroxyl groups excluding tert-OH is 1. The summed E-state index contributed by atoms with van der Waals surface area (Å²) in [5.74, 6) is 0.358. The van der Waals surface area contributed by atoms with E-state index in [1.165, 1.54) is 12.8 Å². The third-order valence-corrected chi connectivity index (χ3v) is 4.34. The van der Waals surface area contributed by atoms with E-state index in [1.54, 1.807) is 0 Å². The van der Waals surface area contributed by atoms with Gasteiger partial charge in [0, 0.05) is 13.0 Å². The highest BCUT2D eigenvalue weighted by Crippen LogP contribution is 2.25. The van der Waals surface area contributed by atoms with Gasteiger partial charge in [0.05, 0.1) is 22.5 Å². The minimum absolute atomic E-state index is 0.324. The molecule has 0 aliphatic heterocycles. The van der Waals surface area contributed by atoms with Gasteiger partial charge < -0.3 is 5.11 Å². The molecule has 0 radical (unpaired) electrons. The Hall–Kier alpha value is -0.540. The van der Waals surface area contributed by atoms with Gasteiger partial charge in [-0.3, -0.25) is 4.68 Å². The average Bonchev–Trinajstić information content (AvgIpc) is 2.67. The smallest absolute Gasteiger partial charge is 0.0848 e. The zero-order valence-corrected chi connectivity index (χ0v) is 13.4. The number of halogens is 1. The first kappa shape index (κ1) is 16.5. The Morgan fingerprint density at radius 3 is 2.53 bits per heavy atom. The molecule has 1 aromatic rings. The summed E-state index contributed by atoms with van der Waals surface area (Å²) in [4.78, 5) is 0. The minimum atomic E-state index is -0.324. The molecular formula is C15H27ClN2O. The second-order valence-electron chi connectivity index (χ2n) is 5.24. The van der Waals surface area contributed by atoms with Gasteiger partial charge in [-0.05, 0) is 26.2 Å². The standard InChI is InChI=1S/C15H27ClN2O/c1-5-8-9-12(6-2)14(19)10-13-15(16)11(4)17-18(13)7-3/h12,14,19H,5-10H2,1-4H3. The minimum Gasteiger partial charge on any atom is -0.392 e. The number of unbranched alkanes of at least 4 members (excludes halogenated alkanes) is 1. The van der Waals surface area contributed by atoms with E-state index in [9.17, 15) is 5.11 Å². The van der Waals surface area contributed by atoms with Crippen LogP contribution in [0.25, 0.3) is 0 Å². The van der Waals surface area contributed by atoms with Crippen molar-refractivity contribution in [1.29, 1.82) is 0 Å². The van der Waals surface area contributed by atoms with Crippen molar-refractivity contribution in [2.75, 3.05) is 0 Å². The van der Waals surface area contributed by atoms with Crippen LogP contribution < -0.4 is 0 Å². The van der Waals surface area contributed by atoms with Crippen molar-refractivity contribution in [3.63, 3.8) is 0 Å². The summed E-state index contributed by atoms with van der Waals surface area (Å²) in [6.07, 6.45) is 4.74. The molecule has 1 N–H and O–H groups in total. The monoisotopic (exact) mass is 286 g/mol. The first-order valence-corrected chi connectivity index (χ1v) is 7.82. The molecule has 0 saturated carbocycles. The van der Waals surface area contributed by atoms with E-state index < -0.39 is 0 Å². The van der Waals surface area contributed by atoms with Gasteiger partial charge in [0.2, 0.25) is 0 Å². The third-order valence-electron chi connectivity index (χ3n) is 3.85. The second kappa shape index (κ2) is 7.91. The van der Waals surface area contributed by atoms with Crippen LogP contribution in [0.15, 0.2) is 0 Å². The maximum Gasteiger partial charge on any atom is 0.0848 e. The summed E-state index contributed by atoms with van der Waals surface area (Å²) < 4.78 is 1.91. The largest absolute Gasteiger partial charge is 0.392 e. The van der Waals surface area contributed by atoms with Gasteiger partial charge >= 0.3 is 0 Å². The van der Waals surface area contributed by atoms with Crippen molar-refractivity contribution in [1.82, 2.24) is 9.78 Å². The zero-order valence-electron chi connectivity index (χ0n) is 12.6. The van der Waals surface area contributed by atoms with E-state index in [1.807, 2.05) is 18.5 Å². The van der Waals surface area contributed by atoms with Gasteiger partial charge in [-0.15, -0.1) is 0 Å². The molecular weight excluding hydrogens is 260 g/mol. The molecule has 0 bridgehead atoms. The molecule has 0 saturated heterocycles. The van der Waals surface area contributed by atoms with E-state index >= 15 is 0 Å². The highest BCUT2D eigenvalue weighted by atomic mass is 35.5. The molecule has 1 aromatic heterocycles. The van der Waals surface area contributed by atoms with Crippen molar-refractivity contribution in [2.24, 2.45) is 5.92 Å². The number of aliphatic hydroxyl groups is 1. The molecule has 0 spiro atoms. The van der Waals surface area contributed by atoms with Crippen LogP contribution in [0.4, 0.5) is 0 Å². The molecule has 1 rings (SSSR count). The van der Waals surface area contributed by atoms with Gasteiger partial charge in [-0.2, -0.15) is 5.10 Å². The van der Waals surface area contributed by atoms with Crippen molar-refractivity contribution < 1.29 is 5.11 Å². The third kappa shape index (κ3) is 4.22. The number of hydrogen-bond donors (Lipinski definition) is 1. The first-order chi connectivity index (χ1) is 9.04. The molecule has 2 unspecified atom stereocenters. The highest BCUT2D eigenvalue weighted by Gasteiger charge is 2.22. The number of aryl methyl sites for hydroxylation is 2. The second-order valence-corrected chi connectivity index (χ2v) is 5.62. The molecule has 19 heavy (non-hydrogen) atoms. The fourth-order valence-corrected chi connectivity index (χ4v) is 2.78. The molecule has 4 heteroatoms. The lowest BCUT2D eigenvalue weighted by atomic mass is 9.91. The molecule has 3 nitrogen and oxygen atoms in total. The Balaban J connectivity index is 2.77. The zero-order chi connectivity index (χ0) is 14.4. The topological polar surface area (TPSA) is 38.1 Å². The lowest BCUT2D eigenvalue weighted by Crippen LogP contribution is -2.24. The van der Waals surface area contributed by atoms with E-state index in [-0.39, 0.29) is 6.10 Å². The molecule has 1 heterocycles. The Bertz CT molecular complexity index is 390. The Morgan fingerprint density at radius 2 is 2.00 bits per heavy atom. The van der Waals surface area contributed by atoms with Crippen LogP contribution in [-0.4, -0.2) is 21.0 Å². The van der Waals surface area contributed by atoms with Crippen molar-refractivity contribution >= 4 is 11.6 Å². The van der Waals surface area contributed by atoms with Crippen molar-refractivity contribution in [3.05, 3.63) is 16.4 Å². The summed E-state index contributed by atoms with van der Waals surface area (Å²) >= 11 is 6.29. The van der Waals surface area contributed by atoms with Gasteiger partial charge in [-0.25, -0.2) is 0 Å². The summed E-state index contributed by atoms with van der Waals surface area (Å²) in [6, 6.07) is 0. The van der Waals surface area contributed by atoms with E-state index in [4.69, 9.17) is 11.6 Å². The maximum absolute atomic E-state index is 10.4. The molecule has 110 valence electrons. The average molecular weight is 287 g/mol. The summed E-state index contributed by atoms with van der Waals surface area (Å²) in [5, 5.41) is 15.6. The van der Waals surface area contributed by atoms with E-state index in [0.29, 0.717) is 17.4 Å². The quantitative estimate of drug-likeness (QED) is 0.785. The normalized spacial score (nSPS) is 14.6. The molecule has 0 fully saturated rings. The van der Waals surface area contributed by atoms with Gasteiger partial charge in [0.25, 0.3) is 0 Å². The fraction of sp³-hybridized carbons (Fsp3) is 0.800. The molecule has 0 aliphatic rings. The first-order valence-electron chi connectivity index (χ1n) is 7.44. The van der Waals surface area contributed by atoms with E-state index in [0.717, 1.165) is 30.8 Å². The van der Waals surface area contributed by atoms with E-state index in [2.05, 4.69) is 18.9 Å². The Kier molecular flexibility index (Phi) is 6.87. The molecule has 0 amide bonds. The predicted molar refractivity (Wildman–Crippen MR) is 80.7 cm³/mol. The van der Waals surface area contributed by atoms with Crippen molar-refractivity contribution in [2.45, 2.75) is 72.4 Å². The maximum atomic E-state index is 10.4. The number of rotatable bonds is 8. The Labute approximate surface area is 122 Å². The number of nitrogens with zero attached hydrogens (tertiary/aromatic N) is 2. The van der Waals surface area contributed by atoms with Crippen LogP contribution in [0.3, 0.4) is 0 Å². The van der Waals surface area contributed by atoms with Gasteiger partial charge in [0.1, 0.15) is 0 Å². The molecule has 0 aliphatic carbocycles. The van der Waals surface area contributed by atoms with Crippen molar-refractivity contribution in [3.8, 4) is 0 Å². The lowest BCUT2D eigenvalue weighted by molar-refractivity contribution is 0.0967. The predicted octanol–water partition coefficient (Wildman–Crippen LogP) is 3.98. The van der Waals surface area contributed by atoms with Gasteiger partial charge in [-0.1, -0.05) is 44.7 Å². The van der Waals surface area contributed by atoms with Crippen LogP contribution in [0, 0.1) is 12.8 Å². The van der Waals surface area contributed by atoms with Crippen LogP contribution in [0.1, 0.15) is 57.8 Å². The SMILES string of the molecule is CCCCC(CC)C(O)Cc1c(Cl)c(C)nn1CC. The lowest BCUT2D eigenvalue weighted by Gasteiger charge is -2.22. The van der Waals surface area contributed by atoms with Crippen LogP contribution in [0.5, 0.6) is 0 Å². The van der Waals surface area contributed by atoms with Crippen LogP contribution in [0.2, 0.25) is 5.02 Å². The van der Waals surface area contributed by atoms with Gasteiger partial charge in [0.15, 0.2) is 0 Å². The summed E-state index contributed by atoms with van der Waals surface area (Å²) in [7, 11) is 0. The summed E-state index contributed by atoms with van der Waals surface area (Å²) in [6.45, 7) is 9.09. The Morgan fingerprint density at radius 1 is 1.32 bits per heavy atom. The molecule has 0 aromatic carbocycles. The summed E-state index contributed by atoms with van der Waals surface area (Å²) in [5.41, 5.74) is 1.83. The highest BCUT2D eigenvalue weighted by molar-refractivity contribution is 6.31. The number of aromatic nitrogens is 2. The molecule has 2 atom stereocenters.